The number of nitrogens with one attached hydrogen (secondary N) is 1. The highest BCUT2D eigenvalue weighted by Gasteiger charge is 2.34. The smallest absolute Gasteiger partial charge is 0.0415 e. The van der Waals surface area contributed by atoms with Gasteiger partial charge in [0.05, 0.1) is 0 Å². The van der Waals surface area contributed by atoms with Crippen LogP contribution in [0.3, 0.4) is 0 Å². The van der Waals surface area contributed by atoms with Crippen molar-refractivity contribution in [2.45, 2.75) is 12.1 Å². The Hall–Kier alpha value is -0.380. The van der Waals surface area contributed by atoms with E-state index in [0.717, 1.165) is 0 Å². The molecule has 2 bridgehead atoms. The summed E-state index contributed by atoms with van der Waals surface area (Å²) in [5.41, 5.74) is 0. The first-order chi connectivity index (χ1) is 6.35. The monoisotopic (exact) mass is 181 g/mol. The van der Waals surface area contributed by atoms with E-state index in [-0.39, 0.29) is 0 Å². The molecule has 2 atom stereocenters. The molecule has 0 radical (unpaired) electrons. The molecule has 0 aromatic carbocycles. The summed E-state index contributed by atoms with van der Waals surface area (Å²) in [5.74, 6) is 0. The van der Waals surface area contributed by atoms with Crippen molar-refractivity contribution in [2.24, 2.45) is 0 Å². The van der Waals surface area contributed by atoms with Gasteiger partial charge < -0.3 is 5.32 Å². The molecule has 13 heavy (non-hydrogen) atoms. The average Bonchev–Trinajstić information content (AvgIpc) is 2.22. The quantitative estimate of drug-likeness (QED) is 0.606. The Morgan fingerprint density at radius 2 is 2.08 bits per heavy atom. The summed E-state index contributed by atoms with van der Waals surface area (Å²) in [6, 6.07) is 1.09. The van der Waals surface area contributed by atoms with Crippen LogP contribution < -0.4 is 5.32 Å². The number of hydrogen-bond donors (Lipinski definition) is 1. The molecule has 3 nitrogen and oxygen atoms in total. The van der Waals surface area contributed by atoms with Gasteiger partial charge in [0.1, 0.15) is 0 Å². The lowest BCUT2D eigenvalue weighted by Gasteiger charge is -2.49. The fourth-order valence-electron chi connectivity index (χ4n) is 2.47. The number of rotatable bonds is 3. The molecule has 3 aliphatic rings. The third-order valence-corrected chi connectivity index (χ3v) is 3.32. The SMILES string of the molecule is C=CC(NC)C1CN2CCN1CC2. The van der Waals surface area contributed by atoms with E-state index in [1.807, 2.05) is 13.1 Å². The predicted octanol–water partition coefficient (Wildman–Crippen LogP) is -0.240. The van der Waals surface area contributed by atoms with Crippen LogP contribution in [0.1, 0.15) is 0 Å². The van der Waals surface area contributed by atoms with Crippen molar-refractivity contribution in [3.05, 3.63) is 12.7 Å². The topological polar surface area (TPSA) is 18.5 Å². The normalized spacial score (nSPS) is 40.2. The zero-order chi connectivity index (χ0) is 9.26. The van der Waals surface area contributed by atoms with Gasteiger partial charge in [-0.15, -0.1) is 6.58 Å². The van der Waals surface area contributed by atoms with Crippen LogP contribution in [0.15, 0.2) is 12.7 Å². The molecule has 3 heteroatoms. The van der Waals surface area contributed by atoms with E-state index in [2.05, 4.69) is 21.7 Å². The molecule has 0 spiro atoms. The van der Waals surface area contributed by atoms with E-state index in [0.29, 0.717) is 12.1 Å². The lowest BCUT2D eigenvalue weighted by atomic mass is 10.0. The van der Waals surface area contributed by atoms with Crippen LogP contribution in [0.5, 0.6) is 0 Å². The van der Waals surface area contributed by atoms with E-state index >= 15 is 0 Å². The molecule has 0 saturated carbocycles. The maximum atomic E-state index is 3.88. The van der Waals surface area contributed by atoms with Crippen molar-refractivity contribution in [1.29, 1.82) is 0 Å². The van der Waals surface area contributed by atoms with Gasteiger partial charge >= 0.3 is 0 Å². The van der Waals surface area contributed by atoms with E-state index in [4.69, 9.17) is 0 Å². The molecule has 2 unspecified atom stereocenters. The first-order valence-corrected chi connectivity index (χ1v) is 5.11. The van der Waals surface area contributed by atoms with Crippen molar-refractivity contribution < 1.29 is 0 Å². The Kier molecular flexibility index (Phi) is 2.67. The van der Waals surface area contributed by atoms with Gasteiger partial charge in [0.2, 0.25) is 0 Å². The Bertz CT molecular complexity index is 185. The molecule has 0 amide bonds. The Morgan fingerprint density at radius 1 is 1.38 bits per heavy atom. The van der Waals surface area contributed by atoms with E-state index in [1.165, 1.54) is 32.7 Å². The molecule has 0 aliphatic carbocycles. The standard InChI is InChI=1S/C10H19N3/c1-3-9(11-2)10-8-12-4-6-13(10)7-5-12/h3,9-11H,1,4-8H2,2H3. The van der Waals surface area contributed by atoms with E-state index in [9.17, 15) is 0 Å². The second kappa shape index (κ2) is 3.78. The highest BCUT2D eigenvalue weighted by molar-refractivity contribution is 5.01. The lowest BCUT2D eigenvalue weighted by Crippen LogP contribution is -2.65. The summed E-state index contributed by atoms with van der Waals surface area (Å²) in [6.45, 7) is 10.1. The van der Waals surface area contributed by atoms with Crippen molar-refractivity contribution in [3.8, 4) is 0 Å². The van der Waals surface area contributed by atoms with Crippen LogP contribution in [0.4, 0.5) is 0 Å². The second-order valence-corrected chi connectivity index (χ2v) is 3.95. The van der Waals surface area contributed by atoms with Gasteiger partial charge in [-0.3, -0.25) is 9.80 Å². The second-order valence-electron chi connectivity index (χ2n) is 3.95. The van der Waals surface area contributed by atoms with Crippen LogP contribution in [-0.4, -0.2) is 61.7 Å². The molecular formula is C10H19N3. The van der Waals surface area contributed by atoms with Crippen molar-refractivity contribution >= 4 is 0 Å². The third kappa shape index (κ3) is 1.64. The van der Waals surface area contributed by atoms with Gasteiger partial charge in [-0.1, -0.05) is 6.08 Å². The van der Waals surface area contributed by atoms with Crippen LogP contribution in [0, 0.1) is 0 Å². The van der Waals surface area contributed by atoms with Crippen LogP contribution in [0.2, 0.25) is 0 Å². The number of hydrogen-bond acceptors (Lipinski definition) is 3. The minimum Gasteiger partial charge on any atom is -0.312 e. The fourth-order valence-corrected chi connectivity index (χ4v) is 2.47. The maximum Gasteiger partial charge on any atom is 0.0415 e. The molecule has 0 aromatic heterocycles. The maximum absolute atomic E-state index is 3.88. The first-order valence-electron chi connectivity index (χ1n) is 5.11. The van der Waals surface area contributed by atoms with Gasteiger partial charge in [0.25, 0.3) is 0 Å². The van der Waals surface area contributed by atoms with Crippen molar-refractivity contribution in [3.63, 3.8) is 0 Å². The Morgan fingerprint density at radius 3 is 2.46 bits per heavy atom. The number of likely N-dealkylation sites (N-methyl/N-ethyl adjacent to an activating group) is 1. The molecule has 3 aliphatic heterocycles. The zero-order valence-electron chi connectivity index (χ0n) is 8.37. The zero-order valence-corrected chi connectivity index (χ0v) is 8.37. The molecule has 1 N–H and O–H groups in total. The van der Waals surface area contributed by atoms with Crippen molar-refractivity contribution in [1.82, 2.24) is 15.1 Å². The Labute approximate surface area is 80.4 Å². The molecule has 0 aromatic rings. The van der Waals surface area contributed by atoms with Gasteiger partial charge in [0.15, 0.2) is 0 Å². The molecule has 3 rings (SSSR count). The molecular weight excluding hydrogens is 162 g/mol. The summed E-state index contributed by atoms with van der Waals surface area (Å²) in [4.78, 5) is 5.14. The molecule has 3 heterocycles. The minimum atomic E-state index is 0.447. The summed E-state index contributed by atoms with van der Waals surface area (Å²) in [6.07, 6.45) is 2.03. The van der Waals surface area contributed by atoms with Crippen LogP contribution >= 0.6 is 0 Å². The molecule has 3 fully saturated rings. The largest absolute Gasteiger partial charge is 0.312 e. The highest BCUT2D eigenvalue weighted by atomic mass is 15.4. The summed E-state index contributed by atoms with van der Waals surface area (Å²) >= 11 is 0. The Balaban J connectivity index is 2.03. The number of nitrogens with zero attached hydrogens (tertiary/aromatic N) is 2. The molecule has 74 valence electrons. The summed E-state index contributed by atoms with van der Waals surface area (Å²) in [5, 5.41) is 3.32. The van der Waals surface area contributed by atoms with Gasteiger partial charge in [-0.2, -0.15) is 0 Å². The fraction of sp³-hybridized carbons (Fsp3) is 0.800. The number of piperazine rings is 3. The van der Waals surface area contributed by atoms with Gasteiger partial charge in [-0.05, 0) is 7.05 Å². The van der Waals surface area contributed by atoms with E-state index < -0.39 is 0 Å². The van der Waals surface area contributed by atoms with Crippen LogP contribution in [0.25, 0.3) is 0 Å². The van der Waals surface area contributed by atoms with Crippen molar-refractivity contribution in [2.75, 3.05) is 39.8 Å². The van der Waals surface area contributed by atoms with Gasteiger partial charge in [-0.25, -0.2) is 0 Å². The van der Waals surface area contributed by atoms with Crippen LogP contribution in [-0.2, 0) is 0 Å². The molecule has 3 saturated heterocycles. The summed E-state index contributed by atoms with van der Waals surface area (Å²) in [7, 11) is 2.02. The first kappa shape index (κ1) is 9.19. The van der Waals surface area contributed by atoms with E-state index in [1.54, 1.807) is 0 Å². The lowest BCUT2D eigenvalue weighted by molar-refractivity contribution is 0.00467. The predicted molar refractivity (Wildman–Crippen MR) is 54.8 cm³/mol. The highest BCUT2D eigenvalue weighted by Crippen LogP contribution is 2.18. The summed E-state index contributed by atoms with van der Waals surface area (Å²) < 4.78 is 0. The van der Waals surface area contributed by atoms with Gasteiger partial charge in [0, 0.05) is 44.8 Å². The minimum absolute atomic E-state index is 0.447. The number of fused-ring (bicyclic) bond motifs is 3. The average molecular weight is 181 g/mol. The third-order valence-electron chi connectivity index (χ3n) is 3.32.